The van der Waals surface area contributed by atoms with E-state index < -0.39 is 5.97 Å². The van der Waals surface area contributed by atoms with Gasteiger partial charge in [0, 0.05) is 12.5 Å². The Morgan fingerprint density at radius 2 is 1.58 bits per heavy atom. The molecule has 0 atom stereocenters. The molecule has 0 heterocycles. The van der Waals surface area contributed by atoms with Crippen LogP contribution < -0.4 is 10.1 Å². The molecule has 3 rings (SSSR count). The van der Waals surface area contributed by atoms with Gasteiger partial charge in [-0.2, -0.15) is 0 Å². The van der Waals surface area contributed by atoms with Crippen LogP contribution in [-0.4, -0.2) is 17.0 Å². The molecule has 2 aromatic rings. The lowest BCUT2D eigenvalue weighted by Gasteiger charge is -2.25. The quantitative estimate of drug-likeness (QED) is 0.823. The van der Waals surface area contributed by atoms with E-state index in [0.717, 1.165) is 17.1 Å². The SMILES string of the molecule is O=C(O)C1CCC(C(=O)NCc2cccc(Oc3ccccc3)c2)CC1. The van der Waals surface area contributed by atoms with Gasteiger partial charge in [0.2, 0.25) is 5.91 Å². The summed E-state index contributed by atoms with van der Waals surface area (Å²) >= 11 is 0. The maximum atomic E-state index is 12.3. The second-order valence-corrected chi connectivity index (χ2v) is 6.67. The molecule has 2 N–H and O–H groups in total. The van der Waals surface area contributed by atoms with E-state index >= 15 is 0 Å². The van der Waals surface area contributed by atoms with Crippen LogP contribution in [0.2, 0.25) is 0 Å². The summed E-state index contributed by atoms with van der Waals surface area (Å²) in [5.41, 5.74) is 0.964. The number of hydrogen-bond acceptors (Lipinski definition) is 3. The number of ether oxygens (including phenoxy) is 1. The minimum absolute atomic E-state index is 0.00298. The van der Waals surface area contributed by atoms with Crippen LogP contribution in [0, 0.1) is 11.8 Å². The van der Waals surface area contributed by atoms with Gasteiger partial charge in [0.25, 0.3) is 0 Å². The van der Waals surface area contributed by atoms with Crippen molar-refractivity contribution in [2.75, 3.05) is 0 Å². The predicted octanol–water partition coefficient (Wildman–Crippen LogP) is 3.99. The van der Waals surface area contributed by atoms with E-state index in [4.69, 9.17) is 9.84 Å². The number of aliphatic carboxylic acids is 1. The van der Waals surface area contributed by atoms with Crippen molar-refractivity contribution in [3.8, 4) is 11.5 Å². The maximum Gasteiger partial charge on any atom is 0.306 e. The minimum atomic E-state index is -0.751. The van der Waals surface area contributed by atoms with Crippen LogP contribution in [0.25, 0.3) is 0 Å². The molecule has 0 radical (unpaired) electrons. The lowest BCUT2D eigenvalue weighted by molar-refractivity contribution is -0.144. The van der Waals surface area contributed by atoms with Crippen molar-refractivity contribution >= 4 is 11.9 Å². The highest BCUT2D eigenvalue weighted by molar-refractivity contribution is 5.79. The molecule has 136 valence electrons. The van der Waals surface area contributed by atoms with Crippen LogP contribution in [0.15, 0.2) is 54.6 Å². The summed E-state index contributed by atoms with van der Waals surface area (Å²) in [5, 5.41) is 12.0. The smallest absolute Gasteiger partial charge is 0.306 e. The standard InChI is InChI=1S/C21H23NO4/c23-20(16-9-11-17(12-10-16)21(24)25)22-14-15-5-4-8-19(13-15)26-18-6-2-1-3-7-18/h1-8,13,16-17H,9-12,14H2,(H,22,23)(H,24,25). The van der Waals surface area contributed by atoms with Gasteiger partial charge in [-0.15, -0.1) is 0 Å². The number of carboxylic acids is 1. The first kappa shape index (κ1) is 18.0. The number of carboxylic acid groups (broad SMARTS) is 1. The number of carbonyl (C=O) groups excluding carboxylic acids is 1. The van der Waals surface area contributed by atoms with E-state index in [1.54, 1.807) is 0 Å². The third kappa shape index (κ3) is 4.85. The Hall–Kier alpha value is -2.82. The molecule has 26 heavy (non-hydrogen) atoms. The number of rotatable bonds is 6. The molecule has 0 bridgehead atoms. The average Bonchev–Trinajstić information content (AvgIpc) is 2.67. The highest BCUT2D eigenvalue weighted by atomic mass is 16.5. The van der Waals surface area contributed by atoms with Gasteiger partial charge in [-0.3, -0.25) is 9.59 Å². The fraction of sp³-hybridized carbons (Fsp3) is 0.333. The van der Waals surface area contributed by atoms with Gasteiger partial charge >= 0.3 is 5.97 Å². The Morgan fingerprint density at radius 3 is 2.27 bits per heavy atom. The van der Waals surface area contributed by atoms with Crippen LogP contribution in [0.4, 0.5) is 0 Å². The molecular formula is C21H23NO4. The molecule has 1 fully saturated rings. The zero-order chi connectivity index (χ0) is 18.4. The fourth-order valence-electron chi connectivity index (χ4n) is 3.28. The number of nitrogens with one attached hydrogen (secondary N) is 1. The lowest BCUT2D eigenvalue weighted by atomic mass is 9.81. The second-order valence-electron chi connectivity index (χ2n) is 6.67. The number of benzene rings is 2. The zero-order valence-corrected chi connectivity index (χ0v) is 14.6. The van der Waals surface area contributed by atoms with Crippen molar-refractivity contribution in [1.29, 1.82) is 0 Å². The summed E-state index contributed by atoms with van der Waals surface area (Å²) in [6.45, 7) is 0.434. The van der Waals surface area contributed by atoms with Crippen molar-refractivity contribution in [2.24, 2.45) is 11.8 Å². The Labute approximate surface area is 153 Å². The summed E-state index contributed by atoms with van der Waals surface area (Å²) in [6, 6.07) is 17.2. The van der Waals surface area contributed by atoms with Gasteiger partial charge in [-0.05, 0) is 55.5 Å². The third-order valence-electron chi connectivity index (χ3n) is 4.79. The van der Waals surface area contributed by atoms with Crippen molar-refractivity contribution in [2.45, 2.75) is 32.2 Å². The number of hydrogen-bond donors (Lipinski definition) is 2. The zero-order valence-electron chi connectivity index (χ0n) is 14.6. The monoisotopic (exact) mass is 353 g/mol. The van der Waals surface area contributed by atoms with Crippen LogP contribution in [0.3, 0.4) is 0 Å². The molecule has 1 aliphatic rings. The van der Waals surface area contributed by atoms with Crippen LogP contribution in [0.5, 0.6) is 11.5 Å². The molecule has 2 aromatic carbocycles. The van der Waals surface area contributed by atoms with Crippen LogP contribution >= 0.6 is 0 Å². The van der Waals surface area contributed by atoms with Crippen molar-refractivity contribution in [3.63, 3.8) is 0 Å². The lowest BCUT2D eigenvalue weighted by Crippen LogP contribution is -2.34. The van der Waals surface area contributed by atoms with E-state index in [2.05, 4.69) is 5.32 Å². The van der Waals surface area contributed by atoms with Crippen molar-refractivity contribution < 1.29 is 19.4 Å². The largest absolute Gasteiger partial charge is 0.481 e. The summed E-state index contributed by atoms with van der Waals surface area (Å²) in [5.74, 6) is 0.358. The molecule has 0 spiro atoms. The average molecular weight is 353 g/mol. The number of carbonyl (C=O) groups is 2. The second kappa shape index (κ2) is 8.52. The van der Waals surface area contributed by atoms with Gasteiger partial charge in [0.1, 0.15) is 11.5 Å². The molecule has 0 saturated heterocycles. The van der Waals surface area contributed by atoms with Gasteiger partial charge < -0.3 is 15.2 Å². The summed E-state index contributed by atoms with van der Waals surface area (Å²) in [4.78, 5) is 23.3. The van der Waals surface area contributed by atoms with Crippen LogP contribution in [-0.2, 0) is 16.1 Å². The van der Waals surface area contributed by atoms with Gasteiger partial charge in [0.05, 0.1) is 5.92 Å². The molecule has 5 heteroatoms. The Balaban J connectivity index is 1.51. The molecular weight excluding hydrogens is 330 g/mol. The highest BCUT2D eigenvalue weighted by Crippen LogP contribution is 2.29. The Kier molecular flexibility index (Phi) is 5.89. The van der Waals surface area contributed by atoms with Gasteiger partial charge in [0.15, 0.2) is 0 Å². The summed E-state index contributed by atoms with van der Waals surface area (Å²) in [7, 11) is 0. The molecule has 0 unspecified atom stereocenters. The molecule has 0 aromatic heterocycles. The summed E-state index contributed by atoms with van der Waals surface area (Å²) in [6.07, 6.45) is 2.43. The van der Waals surface area contributed by atoms with Gasteiger partial charge in [-0.25, -0.2) is 0 Å². The third-order valence-corrected chi connectivity index (χ3v) is 4.79. The molecule has 0 aliphatic heterocycles. The maximum absolute atomic E-state index is 12.3. The molecule has 5 nitrogen and oxygen atoms in total. The van der Waals surface area contributed by atoms with E-state index in [1.165, 1.54) is 0 Å². The highest BCUT2D eigenvalue weighted by Gasteiger charge is 2.29. The first-order chi connectivity index (χ1) is 12.6. The van der Waals surface area contributed by atoms with Crippen molar-refractivity contribution in [1.82, 2.24) is 5.32 Å². The normalized spacial score (nSPS) is 19.5. The first-order valence-electron chi connectivity index (χ1n) is 8.94. The first-order valence-corrected chi connectivity index (χ1v) is 8.94. The van der Waals surface area contributed by atoms with Gasteiger partial charge in [-0.1, -0.05) is 30.3 Å². The molecule has 1 aliphatic carbocycles. The van der Waals surface area contributed by atoms with Crippen molar-refractivity contribution in [3.05, 3.63) is 60.2 Å². The Morgan fingerprint density at radius 1 is 0.923 bits per heavy atom. The predicted molar refractivity (Wildman–Crippen MR) is 97.9 cm³/mol. The fourth-order valence-corrected chi connectivity index (χ4v) is 3.28. The molecule has 1 amide bonds. The van der Waals surface area contributed by atoms with E-state index in [9.17, 15) is 9.59 Å². The topological polar surface area (TPSA) is 75.6 Å². The van der Waals surface area contributed by atoms with E-state index in [-0.39, 0.29) is 17.7 Å². The number of amides is 1. The molecule has 1 saturated carbocycles. The number of para-hydroxylation sites is 1. The summed E-state index contributed by atoms with van der Waals surface area (Å²) < 4.78 is 5.81. The van der Waals surface area contributed by atoms with E-state index in [1.807, 2.05) is 54.6 Å². The van der Waals surface area contributed by atoms with Crippen LogP contribution in [0.1, 0.15) is 31.2 Å². The minimum Gasteiger partial charge on any atom is -0.481 e. The van der Waals surface area contributed by atoms with E-state index in [0.29, 0.717) is 32.2 Å². The Bertz CT molecular complexity index is 752.